The van der Waals surface area contributed by atoms with Crippen molar-refractivity contribution in [2.24, 2.45) is 5.73 Å². The minimum atomic E-state index is -0.208. The molecule has 0 bridgehead atoms. The van der Waals surface area contributed by atoms with Crippen LogP contribution in [-0.2, 0) is 0 Å². The van der Waals surface area contributed by atoms with Gasteiger partial charge in [-0.15, -0.1) is 0 Å². The third kappa shape index (κ3) is 3.49. The van der Waals surface area contributed by atoms with Gasteiger partial charge in [0.05, 0.1) is 5.02 Å². The quantitative estimate of drug-likeness (QED) is 0.911. The van der Waals surface area contributed by atoms with E-state index in [4.69, 9.17) is 22.1 Å². The molecule has 0 aliphatic carbocycles. The molecule has 0 aliphatic heterocycles. The van der Waals surface area contributed by atoms with Crippen molar-refractivity contribution in [2.75, 3.05) is 0 Å². The van der Waals surface area contributed by atoms with E-state index in [1.54, 1.807) is 0 Å². The maximum atomic E-state index is 6.12. The van der Waals surface area contributed by atoms with Gasteiger partial charge in [-0.2, -0.15) is 0 Å². The van der Waals surface area contributed by atoms with Gasteiger partial charge in [0.1, 0.15) is 11.9 Å². The average molecular weight is 276 g/mol. The fourth-order valence-electron chi connectivity index (χ4n) is 1.91. The summed E-state index contributed by atoms with van der Waals surface area (Å²) in [6.07, 6.45) is -0.208. The Morgan fingerprint density at radius 3 is 2.26 bits per heavy atom. The topological polar surface area (TPSA) is 35.2 Å². The third-order valence-electron chi connectivity index (χ3n) is 2.97. The maximum absolute atomic E-state index is 6.12. The van der Waals surface area contributed by atoms with Crippen molar-refractivity contribution < 1.29 is 4.74 Å². The van der Waals surface area contributed by atoms with Crippen LogP contribution in [-0.4, -0.2) is 6.04 Å². The molecule has 0 heterocycles. The Morgan fingerprint density at radius 2 is 1.68 bits per heavy atom. The van der Waals surface area contributed by atoms with Crippen molar-refractivity contribution in [1.82, 2.24) is 0 Å². The van der Waals surface area contributed by atoms with Crippen molar-refractivity contribution in [1.29, 1.82) is 0 Å². The van der Waals surface area contributed by atoms with Crippen LogP contribution in [0.3, 0.4) is 0 Å². The Balaban J connectivity index is 2.26. The fourth-order valence-corrected chi connectivity index (χ4v) is 2.09. The number of hydrogen-bond donors (Lipinski definition) is 1. The van der Waals surface area contributed by atoms with Gasteiger partial charge in [-0.05, 0) is 31.5 Å². The Kier molecular flexibility index (Phi) is 4.46. The summed E-state index contributed by atoms with van der Waals surface area (Å²) in [5, 5.41) is 0.597. The van der Waals surface area contributed by atoms with Gasteiger partial charge in [0.25, 0.3) is 0 Å². The summed E-state index contributed by atoms with van der Waals surface area (Å²) < 4.78 is 5.98. The molecular weight excluding hydrogens is 258 g/mol. The van der Waals surface area contributed by atoms with E-state index >= 15 is 0 Å². The van der Waals surface area contributed by atoms with E-state index in [1.165, 1.54) is 5.56 Å². The van der Waals surface area contributed by atoms with Crippen LogP contribution in [0.2, 0.25) is 5.02 Å². The van der Waals surface area contributed by atoms with Crippen molar-refractivity contribution in [2.45, 2.75) is 26.0 Å². The van der Waals surface area contributed by atoms with E-state index in [1.807, 2.05) is 43.3 Å². The van der Waals surface area contributed by atoms with Gasteiger partial charge in [-0.3, -0.25) is 0 Å². The summed E-state index contributed by atoms with van der Waals surface area (Å²) in [7, 11) is 0. The summed E-state index contributed by atoms with van der Waals surface area (Å²) in [6.45, 7) is 3.99. The van der Waals surface area contributed by atoms with Crippen LogP contribution in [0, 0.1) is 6.92 Å². The number of rotatable bonds is 4. The summed E-state index contributed by atoms with van der Waals surface area (Å²) in [5.41, 5.74) is 8.31. The lowest BCUT2D eigenvalue weighted by Gasteiger charge is -2.23. The molecule has 0 fully saturated rings. The molecule has 0 spiro atoms. The monoisotopic (exact) mass is 275 g/mol. The van der Waals surface area contributed by atoms with Gasteiger partial charge in [-0.25, -0.2) is 0 Å². The first-order valence-corrected chi connectivity index (χ1v) is 6.69. The average Bonchev–Trinajstić information content (AvgIpc) is 2.39. The molecule has 0 aliphatic rings. The Hall–Kier alpha value is -1.51. The highest BCUT2D eigenvalue weighted by atomic mass is 35.5. The highest BCUT2D eigenvalue weighted by Gasteiger charge is 2.19. The lowest BCUT2D eigenvalue weighted by Crippen LogP contribution is -2.29. The second-order valence-electron chi connectivity index (χ2n) is 4.74. The predicted octanol–water partition coefficient (Wildman–Crippen LogP) is 4.12. The zero-order valence-electron chi connectivity index (χ0n) is 11.1. The van der Waals surface area contributed by atoms with E-state index in [-0.39, 0.29) is 12.1 Å². The molecular formula is C16H18ClNO. The molecule has 2 aromatic carbocycles. The van der Waals surface area contributed by atoms with Gasteiger partial charge in [0.2, 0.25) is 0 Å². The van der Waals surface area contributed by atoms with Crippen LogP contribution in [0.25, 0.3) is 0 Å². The van der Waals surface area contributed by atoms with Crippen molar-refractivity contribution >= 4 is 11.6 Å². The first-order chi connectivity index (χ1) is 9.08. The second-order valence-corrected chi connectivity index (χ2v) is 5.15. The number of hydrogen-bond acceptors (Lipinski definition) is 2. The van der Waals surface area contributed by atoms with Crippen molar-refractivity contribution in [3.8, 4) is 5.75 Å². The molecule has 0 aromatic heterocycles. The summed E-state index contributed by atoms with van der Waals surface area (Å²) in [6, 6.07) is 15.5. The fraction of sp³-hybridized carbons (Fsp3) is 0.250. The van der Waals surface area contributed by atoms with E-state index in [9.17, 15) is 0 Å². The van der Waals surface area contributed by atoms with Gasteiger partial charge >= 0.3 is 0 Å². The van der Waals surface area contributed by atoms with E-state index in [0.717, 1.165) is 5.56 Å². The summed E-state index contributed by atoms with van der Waals surface area (Å²) >= 11 is 6.12. The number of ether oxygens (including phenoxy) is 1. The molecule has 2 unspecified atom stereocenters. The van der Waals surface area contributed by atoms with Gasteiger partial charge < -0.3 is 10.5 Å². The van der Waals surface area contributed by atoms with E-state index in [0.29, 0.717) is 10.8 Å². The first kappa shape index (κ1) is 13.9. The lowest BCUT2D eigenvalue weighted by molar-refractivity contribution is 0.180. The molecule has 100 valence electrons. The molecule has 19 heavy (non-hydrogen) atoms. The highest BCUT2D eigenvalue weighted by molar-refractivity contribution is 6.32. The molecule has 0 saturated heterocycles. The molecule has 2 nitrogen and oxygen atoms in total. The lowest BCUT2D eigenvalue weighted by atomic mass is 10.0. The SMILES string of the molecule is Cc1ccc(C(Oc2ccccc2Cl)C(C)N)cc1. The second kappa shape index (κ2) is 6.09. The van der Waals surface area contributed by atoms with Crippen LogP contribution in [0.1, 0.15) is 24.2 Å². The standard InChI is InChI=1S/C16H18ClNO/c1-11-7-9-13(10-8-11)16(12(2)18)19-15-6-4-3-5-14(15)17/h3-10,12,16H,18H2,1-2H3. The van der Waals surface area contributed by atoms with Crippen LogP contribution in [0.15, 0.2) is 48.5 Å². The van der Waals surface area contributed by atoms with Crippen LogP contribution < -0.4 is 10.5 Å². The normalized spacial score (nSPS) is 13.9. The Bertz CT molecular complexity index is 537. The maximum Gasteiger partial charge on any atom is 0.139 e. The highest BCUT2D eigenvalue weighted by Crippen LogP contribution is 2.30. The van der Waals surface area contributed by atoms with Crippen LogP contribution in [0.5, 0.6) is 5.75 Å². The van der Waals surface area contributed by atoms with Crippen molar-refractivity contribution in [3.05, 3.63) is 64.7 Å². The third-order valence-corrected chi connectivity index (χ3v) is 3.29. The van der Waals surface area contributed by atoms with Gasteiger partial charge in [-0.1, -0.05) is 53.6 Å². The van der Waals surface area contributed by atoms with E-state index < -0.39 is 0 Å². The number of aryl methyl sites for hydroxylation is 1. The smallest absolute Gasteiger partial charge is 0.139 e. The molecule has 2 rings (SSSR count). The molecule has 0 amide bonds. The molecule has 3 heteroatoms. The minimum absolute atomic E-state index is 0.126. The molecule has 2 N–H and O–H groups in total. The molecule has 0 radical (unpaired) electrons. The zero-order valence-corrected chi connectivity index (χ0v) is 11.9. The Morgan fingerprint density at radius 1 is 1.05 bits per heavy atom. The number of nitrogens with two attached hydrogens (primary N) is 1. The van der Waals surface area contributed by atoms with Crippen LogP contribution >= 0.6 is 11.6 Å². The van der Waals surface area contributed by atoms with Crippen LogP contribution in [0.4, 0.5) is 0 Å². The number of benzene rings is 2. The van der Waals surface area contributed by atoms with Gasteiger partial charge in [0.15, 0.2) is 0 Å². The zero-order chi connectivity index (χ0) is 13.8. The molecule has 0 saturated carbocycles. The summed E-state index contributed by atoms with van der Waals surface area (Å²) in [4.78, 5) is 0. The minimum Gasteiger partial charge on any atom is -0.483 e. The summed E-state index contributed by atoms with van der Waals surface area (Å²) in [5.74, 6) is 0.659. The number of para-hydroxylation sites is 1. The predicted molar refractivity (Wildman–Crippen MR) is 79.6 cm³/mol. The largest absolute Gasteiger partial charge is 0.483 e. The molecule has 2 atom stereocenters. The van der Waals surface area contributed by atoms with Gasteiger partial charge in [0, 0.05) is 6.04 Å². The Labute approximate surface area is 119 Å². The van der Waals surface area contributed by atoms with Crippen molar-refractivity contribution in [3.63, 3.8) is 0 Å². The molecule has 2 aromatic rings. The first-order valence-electron chi connectivity index (χ1n) is 6.31. The number of halogens is 1. The van der Waals surface area contributed by atoms with E-state index in [2.05, 4.69) is 19.1 Å².